The Balaban J connectivity index is 1.79. The van der Waals surface area contributed by atoms with Crippen molar-refractivity contribution in [3.63, 3.8) is 0 Å². The Kier molecular flexibility index (Phi) is 6.20. The predicted molar refractivity (Wildman–Crippen MR) is 101 cm³/mol. The molecule has 1 aliphatic heterocycles. The fourth-order valence-corrected chi connectivity index (χ4v) is 2.97. The van der Waals surface area contributed by atoms with Gasteiger partial charge >= 0.3 is 12.1 Å². The number of nitrogens with one attached hydrogen (secondary N) is 2. The normalized spacial score (nSPS) is 16.7. The van der Waals surface area contributed by atoms with Crippen molar-refractivity contribution >= 4 is 17.6 Å². The first-order chi connectivity index (χ1) is 14.9. The molecular formula is C21H17F5N2O4. The fraction of sp³-hybridized carbons (Fsp3) is 0.286. The van der Waals surface area contributed by atoms with Crippen LogP contribution in [0.4, 0.5) is 22.0 Å². The molecule has 32 heavy (non-hydrogen) atoms. The average Bonchev–Trinajstić information content (AvgIpc) is 2.85. The number of ketones is 1. The van der Waals surface area contributed by atoms with Crippen molar-refractivity contribution in [2.45, 2.75) is 25.1 Å². The smallest absolute Gasteiger partial charge is 0.455 e. The number of alkyl halides is 5. The highest BCUT2D eigenvalue weighted by atomic mass is 19.4. The van der Waals surface area contributed by atoms with E-state index in [1.54, 1.807) is 36.4 Å². The molecule has 2 aromatic rings. The summed E-state index contributed by atoms with van der Waals surface area (Å²) in [6, 6.07) is 11.4. The third-order valence-corrected chi connectivity index (χ3v) is 4.84. The number of carbonyl (C=O) groups excluding carboxylic acids is 3. The second-order valence-corrected chi connectivity index (χ2v) is 7.08. The topological polar surface area (TPSA) is 84.5 Å². The van der Waals surface area contributed by atoms with Gasteiger partial charge in [-0.1, -0.05) is 30.3 Å². The monoisotopic (exact) mass is 456 g/mol. The zero-order chi connectivity index (χ0) is 23.7. The number of carbonyl (C=O) groups is 3. The van der Waals surface area contributed by atoms with Crippen LogP contribution in [0.2, 0.25) is 0 Å². The molecule has 0 spiro atoms. The van der Waals surface area contributed by atoms with Gasteiger partial charge in [-0.2, -0.15) is 22.0 Å². The number of amides is 2. The molecule has 1 heterocycles. The van der Waals surface area contributed by atoms with E-state index < -0.39 is 48.2 Å². The second kappa shape index (κ2) is 8.56. The molecule has 2 N–H and O–H groups in total. The van der Waals surface area contributed by atoms with Gasteiger partial charge in [-0.15, -0.1) is 0 Å². The van der Waals surface area contributed by atoms with Gasteiger partial charge in [0.1, 0.15) is 23.5 Å². The van der Waals surface area contributed by atoms with E-state index in [0.717, 1.165) is 6.92 Å². The lowest BCUT2D eigenvalue weighted by atomic mass is 9.96. The van der Waals surface area contributed by atoms with E-state index in [-0.39, 0.29) is 17.1 Å². The minimum absolute atomic E-state index is 0.163. The summed E-state index contributed by atoms with van der Waals surface area (Å²) < 4.78 is 68.6. The Bertz CT molecular complexity index is 1050. The van der Waals surface area contributed by atoms with Gasteiger partial charge in [0.05, 0.1) is 12.1 Å². The van der Waals surface area contributed by atoms with Gasteiger partial charge < -0.3 is 15.4 Å². The van der Waals surface area contributed by atoms with Gasteiger partial charge in [-0.05, 0) is 25.1 Å². The lowest BCUT2D eigenvalue weighted by Crippen LogP contribution is -2.49. The van der Waals surface area contributed by atoms with Crippen LogP contribution in [0, 0.1) is 5.92 Å². The second-order valence-electron chi connectivity index (χ2n) is 7.08. The zero-order valence-electron chi connectivity index (χ0n) is 16.5. The molecule has 2 amide bonds. The average molecular weight is 456 g/mol. The summed E-state index contributed by atoms with van der Waals surface area (Å²) in [7, 11) is 0. The SMILES string of the molecule is CC(C(=O)NCC(F)(F)C(F)(F)F)C(=O)NC1C(=O)c2ccccc2Oc2ccccc21. The largest absolute Gasteiger partial charge is 0.456 e. The Morgan fingerprint density at radius 1 is 0.969 bits per heavy atom. The number of hydrogen-bond acceptors (Lipinski definition) is 4. The van der Waals surface area contributed by atoms with Crippen molar-refractivity contribution in [2.75, 3.05) is 6.54 Å². The summed E-state index contributed by atoms with van der Waals surface area (Å²) in [4.78, 5) is 37.7. The van der Waals surface area contributed by atoms with Crippen LogP contribution in [0.5, 0.6) is 11.5 Å². The number of benzene rings is 2. The van der Waals surface area contributed by atoms with Crippen LogP contribution in [0.25, 0.3) is 0 Å². The van der Waals surface area contributed by atoms with Gasteiger partial charge in [0, 0.05) is 5.56 Å². The molecule has 2 atom stereocenters. The van der Waals surface area contributed by atoms with Crippen LogP contribution in [0.3, 0.4) is 0 Å². The third-order valence-electron chi connectivity index (χ3n) is 4.84. The van der Waals surface area contributed by atoms with E-state index >= 15 is 0 Å². The van der Waals surface area contributed by atoms with E-state index in [1.807, 2.05) is 0 Å². The fourth-order valence-electron chi connectivity index (χ4n) is 2.97. The summed E-state index contributed by atoms with van der Waals surface area (Å²) >= 11 is 0. The molecule has 6 nitrogen and oxygen atoms in total. The number of ether oxygens (including phenoxy) is 1. The van der Waals surface area contributed by atoms with E-state index in [4.69, 9.17) is 4.74 Å². The van der Waals surface area contributed by atoms with Crippen LogP contribution in [0.1, 0.15) is 28.9 Å². The minimum Gasteiger partial charge on any atom is -0.456 e. The maximum Gasteiger partial charge on any atom is 0.455 e. The molecular weight excluding hydrogens is 439 g/mol. The molecule has 2 unspecified atom stereocenters. The van der Waals surface area contributed by atoms with Crippen LogP contribution in [-0.4, -0.2) is 36.2 Å². The van der Waals surface area contributed by atoms with Crippen molar-refractivity contribution in [3.8, 4) is 11.5 Å². The number of Topliss-reactive ketones (excluding diaryl/α,β-unsaturated/α-hetero) is 1. The molecule has 0 fully saturated rings. The Labute approximate surface area is 178 Å². The highest BCUT2D eigenvalue weighted by Gasteiger charge is 2.57. The maximum atomic E-state index is 13.1. The summed E-state index contributed by atoms with van der Waals surface area (Å²) in [5, 5.41) is 3.80. The van der Waals surface area contributed by atoms with Crippen molar-refractivity contribution in [3.05, 3.63) is 59.7 Å². The van der Waals surface area contributed by atoms with Gasteiger partial charge in [0.2, 0.25) is 11.8 Å². The molecule has 11 heteroatoms. The van der Waals surface area contributed by atoms with Crippen molar-refractivity contribution < 1.29 is 41.1 Å². The van der Waals surface area contributed by atoms with E-state index in [1.165, 1.54) is 17.4 Å². The van der Waals surface area contributed by atoms with Crippen LogP contribution in [0.15, 0.2) is 48.5 Å². The Morgan fingerprint density at radius 3 is 2.22 bits per heavy atom. The number of halogens is 5. The molecule has 0 aliphatic carbocycles. The van der Waals surface area contributed by atoms with E-state index in [2.05, 4.69) is 5.32 Å². The standard InChI is InChI=1S/C21H17F5N2O4/c1-11(18(30)27-10-20(22,23)21(24,25)26)19(31)28-16-12-6-2-4-8-14(12)32-15-9-5-3-7-13(15)17(16)29/h2-9,11,16H,10H2,1H3,(H,27,30)(H,28,31). The van der Waals surface area contributed by atoms with Crippen LogP contribution in [-0.2, 0) is 9.59 Å². The summed E-state index contributed by atoms with van der Waals surface area (Å²) in [6.45, 7) is -0.993. The Hall–Kier alpha value is -3.50. The van der Waals surface area contributed by atoms with Crippen molar-refractivity contribution in [1.29, 1.82) is 0 Å². The molecule has 2 aromatic carbocycles. The first kappa shape index (κ1) is 23.2. The number of fused-ring (bicyclic) bond motifs is 2. The summed E-state index contributed by atoms with van der Waals surface area (Å²) in [5.41, 5.74) is 0.453. The molecule has 0 bridgehead atoms. The van der Waals surface area contributed by atoms with Gasteiger partial charge in [0.15, 0.2) is 5.78 Å². The molecule has 1 aliphatic rings. The lowest BCUT2D eigenvalue weighted by molar-refractivity contribution is -0.278. The summed E-state index contributed by atoms with van der Waals surface area (Å²) in [6.07, 6.45) is -5.85. The molecule has 0 saturated carbocycles. The van der Waals surface area contributed by atoms with Gasteiger partial charge in [-0.3, -0.25) is 14.4 Å². The first-order valence-electron chi connectivity index (χ1n) is 9.35. The van der Waals surface area contributed by atoms with Gasteiger partial charge in [-0.25, -0.2) is 0 Å². The van der Waals surface area contributed by atoms with E-state index in [0.29, 0.717) is 5.56 Å². The van der Waals surface area contributed by atoms with Crippen molar-refractivity contribution in [2.24, 2.45) is 5.92 Å². The number of hydrogen-bond donors (Lipinski definition) is 2. The molecule has 0 saturated heterocycles. The van der Waals surface area contributed by atoms with Crippen molar-refractivity contribution in [1.82, 2.24) is 10.6 Å². The quantitative estimate of drug-likeness (QED) is 0.530. The summed E-state index contributed by atoms with van der Waals surface area (Å²) in [5.74, 6) is -9.22. The lowest BCUT2D eigenvalue weighted by Gasteiger charge is -2.22. The van der Waals surface area contributed by atoms with Crippen LogP contribution < -0.4 is 15.4 Å². The van der Waals surface area contributed by atoms with Gasteiger partial charge in [0.25, 0.3) is 0 Å². The first-order valence-corrected chi connectivity index (χ1v) is 9.35. The minimum atomic E-state index is -5.85. The molecule has 0 radical (unpaired) electrons. The number of para-hydroxylation sites is 2. The highest BCUT2D eigenvalue weighted by molar-refractivity contribution is 6.07. The van der Waals surface area contributed by atoms with E-state index in [9.17, 15) is 36.3 Å². The highest BCUT2D eigenvalue weighted by Crippen LogP contribution is 2.38. The predicted octanol–water partition coefficient (Wildman–Crippen LogP) is 3.78. The Morgan fingerprint density at radius 2 is 1.56 bits per heavy atom. The maximum absolute atomic E-state index is 13.1. The zero-order valence-corrected chi connectivity index (χ0v) is 16.5. The molecule has 0 aromatic heterocycles. The molecule has 3 rings (SSSR count). The third kappa shape index (κ3) is 4.56. The number of rotatable bonds is 5. The van der Waals surface area contributed by atoms with Crippen LogP contribution >= 0.6 is 0 Å². The molecule has 170 valence electrons.